The van der Waals surface area contributed by atoms with Gasteiger partial charge < -0.3 is 19.6 Å². The SMILES string of the molecule is CCCCCCN(CCC)c1ncnc2c1ncn2[C@@H]1O[C@@H]2COP(=O)(O)O[C@H]2[C@H]1O. The quantitative estimate of drug-likeness (QED) is 0.429. The van der Waals surface area contributed by atoms with E-state index in [0.717, 1.165) is 31.7 Å². The Labute approximate surface area is 181 Å². The highest BCUT2D eigenvalue weighted by molar-refractivity contribution is 7.47. The van der Waals surface area contributed by atoms with Crippen LogP contribution in [-0.2, 0) is 18.3 Å². The molecule has 172 valence electrons. The molecule has 31 heavy (non-hydrogen) atoms. The van der Waals surface area contributed by atoms with Crippen molar-refractivity contribution in [3.05, 3.63) is 12.7 Å². The molecule has 0 bridgehead atoms. The molecule has 4 rings (SSSR count). The van der Waals surface area contributed by atoms with Crippen LogP contribution in [0.4, 0.5) is 5.82 Å². The fraction of sp³-hybridized carbons (Fsp3) is 0.737. The van der Waals surface area contributed by atoms with Gasteiger partial charge in [0.25, 0.3) is 0 Å². The first-order valence-electron chi connectivity index (χ1n) is 10.9. The number of aliphatic hydroxyl groups excluding tert-OH is 1. The summed E-state index contributed by atoms with van der Waals surface area (Å²) in [5.41, 5.74) is 1.15. The van der Waals surface area contributed by atoms with Gasteiger partial charge in [0.15, 0.2) is 23.2 Å². The maximum Gasteiger partial charge on any atom is 0.472 e. The minimum absolute atomic E-state index is 0.138. The third-order valence-corrected chi connectivity index (χ3v) is 6.64. The molecule has 0 aliphatic carbocycles. The van der Waals surface area contributed by atoms with Crippen molar-refractivity contribution in [1.29, 1.82) is 0 Å². The molecule has 5 atom stereocenters. The van der Waals surface area contributed by atoms with Crippen LogP contribution in [0, 0.1) is 0 Å². The smallest absolute Gasteiger partial charge is 0.386 e. The second-order valence-corrected chi connectivity index (χ2v) is 9.37. The molecule has 12 heteroatoms. The zero-order valence-electron chi connectivity index (χ0n) is 17.8. The Morgan fingerprint density at radius 1 is 1.19 bits per heavy atom. The van der Waals surface area contributed by atoms with Crippen LogP contribution in [0.25, 0.3) is 11.2 Å². The van der Waals surface area contributed by atoms with Crippen molar-refractivity contribution in [2.75, 3.05) is 24.6 Å². The second kappa shape index (κ2) is 9.48. The molecule has 11 nitrogen and oxygen atoms in total. The predicted molar refractivity (Wildman–Crippen MR) is 113 cm³/mol. The van der Waals surface area contributed by atoms with E-state index in [1.165, 1.54) is 25.6 Å². The summed E-state index contributed by atoms with van der Waals surface area (Å²) < 4.78 is 29.1. The number of anilines is 1. The number of imidazole rings is 1. The Bertz CT molecular complexity index is 942. The van der Waals surface area contributed by atoms with Gasteiger partial charge in [0.2, 0.25) is 0 Å². The third kappa shape index (κ3) is 4.62. The molecule has 0 amide bonds. The highest BCUT2D eigenvalue weighted by Gasteiger charge is 2.52. The summed E-state index contributed by atoms with van der Waals surface area (Å²) in [5, 5.41) is 10.7. The van der Waals surface area contributed by atoms with E-state index in [-0.39, 0.29) is 6.61 Å². The van der Waals surface area contributed by atoms with Crippen LogP contribution < -0.4 is 4.90 Å². The van der Waals surface area contributed by atoms with Gasteiger partial charge in [0.1, 0.15) is 24.6 Å². The van der Waals surface area contributed by atoms with E-state index in [1.807, 2.05) is 0 Å². The summed E-state index contributed by atoms with van der Waals surface area (Å²) in [4.78, 5) is 25.2. The Morgan fingerprint density at radius 3 is 2.81 bits per heavy atom. The number of ether oxygens (including phenoxy) is 1. The number of phosphoric acid groups is 1. The van der Waals surface area contributed by atoms with Gasteiger partial charge in [-0.1, -0.05) is 33.1 Å². The van der Waals surface area contributed by atoms with Crippen molar-refractivity contribution in [3.8, 4) is 0 Å². The molecule has 2 saturated heterocycles. The van der Waals surface area contributed by atoms with E-state index >= 15 is 0 Å². The maximum atomic E-state index is 11.7. The molecule has 1 unspecified atom stereocenters. The van der Waals surface area contributed by atoms with E-state index in [0.29, 0.717) is 11.2 Å². The summed E-state index contributed by atoms with van der Waals surface area (Å²) in [6.45, 7) is 5.92. The number of hydrogen-bond donors (Lipinski definition) is 2. The number of rotatable bonds is 9. The van der Waals surface area contributed by atoms with Crippen molar-refractivity contribution < 1.29 is 28.3 Å². The molecule has 0 radical (unpaired) electrons. The molecule has 0 spiro atoms. The van der Waals surface area contributed by atoms with Gasteiger partial charge in [0, 0.05) is 13.1 Å². The zero-order chi connectivity index (χ0) is 22.0. The molecule has 2 aliphatic rings. The van der Waals surface area contributed by atoms with E-state index in [9.17, 15) is 14.6 Å². The van der Waals surface area contributed by atoms with Gasteiger partial charge in [0.05, 0.1) is 12.9 Å². The Kier molecular flexibility index (Phi) is 6.90. The molecule has 2 aliphatic heterocycles. The normalized spacial score (nSPS) is 30.6. The maximum absolute atomic E-state index is 11.7. The largest absolute Gasteiger partial charge is 0.472 e. The molecular weight excluding hydrogens is 425 g/mol. The lowest BCUT2D eigenvalue weighted by Gasteiger charge is -2.27. The van der Waals surface area contributed by atoms with Crippen molar-refractivity contribution in [3.63, 3.8) is 0 Å². The highest BCUT2D eigenvalue weighted by atomic mass is 31.2. The van der Waals surface area contributed by atoms with Gasteiger partial charge in [-0.25, -0.2) is 19.5 Å². The average molecular weight is 455 g/mol. The lowest BCUT2D eigenvalue weighted by atomic mass is 10.1. The van der Waals surface area contributed by atoms with Gasteiger partial charge >= 0.3 is 7.82 Å². The Hall–Kier alpha value is -1.62. The zero-order valence-corrected chi connectivity index (χ0v) is 18.7. The van der Waals surface area contributed by atoms with Crippen LogP contribution in [0.2, 0.25) is 0 Å². The summed E-state index contributed by atoms with van der Waals surface area (Å²) in [7, 11) is -4.19. The van der Waals surface area contributed by atoms with Crippen molar-refractivity contribution in [1.82, 2.24) is 19.5 Å². The topological polar surface area (TPSA) is 132 Å². The van der Waals surface area contributed by atoms with E-state index in [4.69, 9.17) is 13.8 Å². The molecule has 2 aromatic rings. The minimum Gasteiger partial charge on any atom is -0.386 e. The monoisotopic (exact) mass is 455 g/mol. The number of hydrogen-bond acceptors (Lipinski definition) is 9. The predicted octanol–water partition coefficient (Wildman–Crippen LogP) is 2.40. The molecule has 2 N–H and O–H groups in total. The molecular formula is C19H30N5O6P. The highest BCUT2D eigenvalue weighted by Crippen LogP contribution is 2.52. The van der Waals surface area contributed by atoms with Crippen molar-refractivity contribution >= 4 is 24.8 Å². The number of aromatic nitrogens is 4. The summed E-state index contributed by atoms with van der Waals surface area (Å²) in [6.07, 6.45) is 4.97. The average Bonchev–Trinajstić information content (AvgIpc) is 3.31. The Balaban J connectivity index is 1.59. The summed E-state index contributed by atoms with van der Waals surface area (Å²) in [6, 6.07) is 0. The number of fused-ring (bicyclic) bond motifs is 2. The number of unbranched alkanes of at least 4 members (excludes halogenated alkanes) is 3. The molecule has 2 fully saturated rings. The molecule has 4 heterocycles. The van der Waals surface area contributed by atoms with Gasteiger partial charge in [-0.2, -0.15) is 0 Å². The lowest BCUT2D eigenvalue weighted by molar-refractivity contribution is -0.0664. The van der Waals surface area contributed by atoms with Gasteiger partial charge in [-0.15, -0.1) is 0 Å². The van der Waals surface area contributed by atoms with Crippen molar-refractivity contribution in [2.45, 2.75) is 70.5 Å². The lowest BCUT2D eigenvalue weighted by Crippen LogP contribution is -2.39. The van der Waals surface area contributed by atoms with Gasteiger partial charge in [-0.3, -0.25) is 13.6 Å². The first kappa shape index (κ1) is 22.6. The van der Waals surface area contributed by atoms with Crippen LogP contribution in [-0.4, -0.2) is 67.5 Å². The molecule has 0 aromatic carbocycles. The van der Waals surface area contributed by atoms with E-state index < -0.39 is 32.4 Å². The first-order valence-corrected chi connectivity index (χ1v) is 12.4. The molecule has 2 aromatic heterocycles. The number of phosphoric ester groups is 1. The summed E-state index contributed by atoms with van der Waals surface area (Å²) in [5.74, 6) is 0.756. The van der Waals surface area contributed by atoms with E-state index in [1.54, 1.807) is 10.9 Å². The van der Waals surface area contributed by atoms with Crippen LogP contribution >= 0.6 is 7.82 Å². The second-order valence-electron chi connectivity index (χ2n) is 7.96. The Morgan fingerprint density at radius 2 is 2.03 bits per heavy atom. The summed E-state index contributed by atoms with van der Waals surface area (Å²) >= 11 is 0. The van der Waals surface area contributed by atoms with Gasteiger partial charge in [-0.05, 0) is 12.8 Å². The third-order valence-electron chi connectivity index (χ3n) is 5.65. The number of nitrogens with zero attached hydrogens (tertiary/aromatic N) is 5. The fourth-order valence-corrected chi connectivity index (χ4v) is 5.11. The van der Waals surface area contributed by atoms with Crippen LogP contribution in [0.1, 0.15) is 52.2 Å². The van der Waals surface area contributed by atoms with Crippen LogP contribution in [0.3, 0.4) is 0 Å². The first-order chi connectivity index (χ1) is 14.9. The standard InChI is InChI=1S/C19H30N5O6P/c1-3-5-6-7-9-23(8-4-2)17-14-18(21-11-20-17)24(12-22-14)19-15(25)16-13(29-19)10-28-31(26,27)30-16/h11-13,15-16,19,25H,3-10H2,1-2H3,(H,26,27)/t13-,15-,16-,19-/m1/s1. The number of aliphatic hydroxyl groups is 1. The van der Waals surface area contributed by atoms with Crippen LogP contribution in [0.5, 0.6) is 0 Å². The van der Waals surface area contributed by atoms with Crippen LogP contribution in [0.15, 0.2) is 12.7 Å². The minimum atomic E-state index is -4.19. The molecule has 0 saturated carbocycles. The van der Waals surface area contributed by atoms with Crippen molar-refractivity contribution in [2.24, 2.45) is 0 Å². The fourth-order valence-electron chi connectivity index (χ4n) is 4.15. The van der Waals surface area contributed by atoms with E-state index in [2.05, 4.69) is 33.7 Å².